The average molecular weight is 408 g/mol. The predicted octanol–water partition coefficient (Wildman–Crippen LogP) is 2.71. The lowest BCUT2D eigenvalue weighted by atomic mass is 10.3. The van der Waals surface area contributed by atoms with Crippen molar-refractivity contribution >= 4 is 45.5 Å². The maximum absolute atomic E-state index is 13.5. The topological polar surface area (TPSA) is 91.7 Å². The third-order valence-electron chi connectivity index (χ3n) is 3.29. The quantitative estimate of drug-likeness (QED) is 0.601. The van der Waals surface area contributed by atoms with Gasteiger partial charge in [-0.3, -0.25) is 9.59 Å². The normalized spacial score (nSPS) is 15.6. The number of urea groups is 1. The van der Waals surface area contributed by atoms with Crippen LogP contribution in [0.4, 0.5) is 14.9 Å². The molecule has 0 atom stereocenters. The first-order valence-corrected chi connectivity index (χ1v) is 7.87. The first kappa shape index (κ1) is 16.9. The van der Waals surface area contributed by atoms with E-state index in [-0.39, 0.29) is 11.4 Å². The smallest absolute Gasteiger partial charge is 0.329 e. The van der Waals surface area contributed by atoms with Crippen LogP contribution in [0.5, 0.6) is 0 Å². The number of furan rings is 1. The molecule has 128 valence electrons. The molecule has 25 heavy (non-hydrogen) atoms. The number of carbonyl (C=O) groups excluding carboxylic acids is 3. The van der Waals surface area contributed by atoms with E-state index in [1.54, 1.807) is 18.2 Å². The van der Waals surface area contributed by atoms with E-state index >= 15 is 0 Å². The molecular formula is C16H11BrFN3O4. The minimum Gasteiger partial charge on any atom is -0.450 e. The van der Waals surface area contributed by atoms with Crippen LogP contribution in [0.2, 0.25) is 0 Å². The lowest BCUT2D eigenvalue weighted by molar-refractivity contribution is -0.127. The van der Waals surface area contributed by atoms with Crippen LogP contribution in [-0.2, 0) is 9.59 Å². The van der Waals surface area contributed by atoms with Gasteiger partial charge < -0.3 is 15.1 Å². The van der Waals surface area contributed by atoms with Crippen LogP contribution in [-0.4, -0.2) is 29.3 Å². The first-order chi connectivity index (χ1) is 11.9. The number of amides is 4. The molecule has 2 aromatic rings. The first-order valence-electron chi connectivity index (χ1n) is 7.08. The predicted molar refractivity (Wildman–Crippen MR) is 89.7 cm³/mol. The fraction of sp³-hybridized carbons (Fsp3) is 0.0625. The summed E-state index contributed by atoms with van der Waals surface area (Å²) in [5, 5.41) is 4.68. The van der Waals surface area contributed by atoms with Crippen molar-refractivity contribution in [1.29, 1.82) is 0 Å². The van der Waals surface area contributed by atoms with E-state index in [9.17, 15) is 18.8 Å². The Kier molecular flexibility index (Phi) is 4.66. The summed E-state index contributed by atoms with van der Waals surface area (Å²) in [5.74, 6) is -1.64. The second kappa shape index (κ2) is 6.89. The fourth-order valence-corrected chi connectivity index (χ4v) is 2.48. The summed E-state index contributed by atoms with van der Waals surface area (Å²) in [6.07, 6.45) is 1.35. The number of anilines is 1. The Morgan fingerprint density at radius 3 is 2.72 bits per heavy atom. The van der Waals surface area contributed by atoms with Gasteiger partial charge in [0.05, 0.1) is 5.69 Å². The Hall–Kier alpha value is -2.94. The molecule has 1 aliphatic heterocycles. The van der Waals surface area contributed by atoms with Gasteiger partial charge in [0.25, 0.3) is 5.91 Å². The van der Waals surface area contributed by atoms with Gasteiger partial charge in [0.2, 0.25) is 5.91 Å². The van der Waals surface area contributed by atoms with Gasteiger partial charge in [0.1, 0.15) is 23.8 Å². The van der Waals surface area contributed by atoms with Crippen molar-refractivity contribution in [3.63, 3.8) is 0 Å². The minimum atomic E-state index is -0.745. The monoisotopic (exact) mass is 407 g/mol. The molecule has 3 rings (SSSR count). The fourth-order valence-electron chi connectivity index (χ4n) is 2.16. The Morgan fingerprint density at radius 2 is 2.04 bits per heavy atom. The molecule has 2 heterocycles. The Bertz CT molecular complexity index is 893. The van der Waals surface area contributed by atoms with Crippen LogP contribution in [0.15, 0.2) is 51.2 Å². The highest BCUT2D eigenvalue weighted by Gasteiger charge is 2.35. The lowest BCUT2D eigenvalue weighted by Crippen LogP contribution is -2.38. The number of rotatable bonds is 4. The summed E-state index contributed by atoms with van der Waals surface area (Å²) in [5.41, 5.74) is -0.0544. The second-order valence-corrected chi connectivity index (χ2v) is 5.83. The molecule has 0 bridgehead atoms. The molecule has 0 spiro atoms. The summed E-state index contributed by atoms with van der Waals surface area (Å²) >= 11 is 3.13. The van der Waals surface area contributed by atoms with Gasteiger partial charge in [-0.25, -0.2) is 14.1 Å². The van der Waals surface area contributed by atoms with Crippen LogP contribution < -0.4 is 10.6 Å². The Labute approximate surface area is 149 Å². The highest BCUT2D eigenvalue weighted by atomic mass is 79.9. The van der Waals surface area contributed by atoms with E-state index in [2.05, 4.69) is 26.6 Å². The van der Waals surface area contributed by atoms with Gasteiger partial charge in [0.15, 0.2) is 4.67 Å². The molecule has 1 aliphatic rings. The summed E-state index contributed by atoms with van der Waals surface area (Å²) in [7, 11) is 0. The van der Waals surface area contributed by atoms with Crippen molar-refractivity contribution in [2.75, 3.05) is 11.9 Å². The zero-order chi connectivity index (χ0) is 18.0. The van der Waals surface area contributed by atoms with Crippen LogP contribution in [0.3, 0.4) is 0 Å². The maximum atomic E-state index is 13.5. The lowest BCUT2D eigenvalue weighted by Gasteiger charge is -2.12. The summed E-state index contributed by atoms with van der Waals surface area (Å²) in [6, 6.07) is 8.08. The highest BCUT2D eigenvalue weighted by Crippen LogP contribution is 2.19. The minimum absolute atomic E-state index is 0.0226. The molecule has 1 aromatic heterocycles. The zero-order valence-electron chi connectivity index (χ0n) is 12.6. The van der Waals surface area contributed by atoms with Gasteiger partial charge >= 0.3 is 6.03 Å². The van der Waals surface area contributed by atoms with Crippen LogP contribution in [0, 0.1) is 5.82 Å². The number of hydrogen-bond donors (Lipinski definition) is 2. The molecule has 9 heteroatoms. The molecule has 0 radical (unpaired) electrons. The van der Waals surface area contributed by atoms with E-state index in [1.165, 1.54) is 24.3 Å². The molecule has 0 saturated carbocycles. The van der Waals surface area contributed by atoms with E-state index < -0.39 is 30.2 Å². The highest BCUT2D eigenvalue weighted by molar-refractivity contribution is 9.10. The molecule has 0 aliphatic carbocycles. The number of imide groups is 1. The van der Waals surface area contributed by atoms with Crippen LogP contribution in [0.1, 0.15) is 5.76 Å². The third kappa shape index (κ3) is 3.77. The van der Waals surface area contributed by atoms with Crippen molar-refractivity contribution in [3.8, 4) is 0 Å². The average Bonchev–Trinajstić information content (AvgIpc) is 3.08. The maximum Gasteiger partial charge on any atom is 0.329 e. The van der Waals surface area contributed by atoms with Gasteiger partial charge in [-0.15, -0.1) is 0 Å². The Morgan fingerprint density at radius 1 is 1.28 bits per heavy atom. The number of hydrogen-bond acceptors (Lipinski definition) is 4. The standard InChI is InChI=1S/C16H11BrFN3O4/c17-13-6-5-9(25-13)7-12-15(23)21(16(24)20-12)8-14(22)19-11-4-2-1-3-10(11)18/h1-7H,8H2,(H,19,22)(H,20,24)/b12-7+. The van der Waals surface area contributed by atoms with Gasteiger partial charge in [0, 0.05) is 6.08 Å². The number of nitrogens with zero attached hydrogens (tertiary/aromatic N) is 1. The number of carbonyl (C=O) groups is 3. The summed E-state index contributed by atoms with van der Waals surface area (Å²) in [4.78, 5) is 36.9. The largest absolute Gasteiger partial charge is 0.450 e. The van der Waals surface area contributed by atoms with Crippen molar-refractivity contribution in [2.45, 2.75) is 0 Å². The number of nitrogens with one attached hydrogen (secondary N) is 2. The van der Waals surface area contributed by atoms with E-state index in [0.717, 1.165) is 4.90 Å². The van der Waals surface area contributed by atoms with E-state index in [0.29, 0.717) is 10.4 Å². The molecule has 7 nitrogen and oxygen atoms in total. The summed E-state index contributed by atoms with van der Waals surface area (Å²) in [6.45, 7) is -0.543. The second-order valence-electron chi connectivity index (χ2n) is 5.05. The Balaban J connectivity index is 1.69. The van der Waals surface area contributed by atoms with Crippen LogP contribution in [0.25, 0.3) is 6.08 Å². The number of benzene rings is 1. The van der Waals surface area contributed by atoms with Crippen molar-refractivity contribution < 1.29 is 23.2 Å². The van der Waals surface area contributed by atoms with Crippen molar-refractivity contribution in [1.82, 2.24) is 10.2 Å². The third-order valence-corrected chi connectivity index (χ3v) is 3.72. The van der Waals surface area contributed by atoms with Crippen molar-refractivity contribution in [3.05, 3.63) is 58.3 Å². The molecule has 0 unspecified atom stereocenters. The van der Waals surface area contributed by atoms with Crippen molar-refractivity contribution in [2.24, 2.45) is 0 Å². The van der Waals surface area contributed by atoms with E-state index in [4.69, 9.17) is 4.42 Å². The van der Waals surface area contributed by atoms with E-state index in [1.807, 2.05) is 0 Å². The summed E-state index contributed by atoms with van der Waals surface area (Å²) < 4.78 is 19.2. The molecular weight excluding hydrogens is 397 g/mol. The van der Waals surface area contributed by atoms with Gasteiger partial charge in [-0.1, -0.05) is 12.1 Å². The van der Waals surface area contributed by atoms with Gasteiger partial charge in [-0.05, 0) is 40.2 Å². The molecule has 1 aromatic carbocycles. The molecule has 1 fully saturated rings. The van der Waals surface area contributed by atoms with Crippen LogP contribution >= 0.6 is 15.9 Å². The zero-order valence-corrected chi connectivity index (χ0v) is 14.2. The molecule has 4 amide bonds. The SMILES string of the molecule is O=C(CN1C(=O)N/C(=C/c2ccc(Br)o2)C1=O)Nc1ccccc1F. The van der Waals surface area contributed by atoms with Gasteiger partial charge in [-0.2, -0.15) is 0 Å². The number of halogens is 2. The number of para-hydroxylation sites is 1. The molecule has 2 N–H and O–H groups in total. The molecule has 1 saturated heterocycles.